The molecule has 6 rings (SSSR count). The second-order valence-electron chi connectivity index (χ2n) is 9.20. The van der Waals surface area contributed by atoms with Gasteiger partial charge < -0.3 is 14.8 Å². The van der Waals surface area contributed by atoms with Gasteiger partial charge in [0.25, 0.3) is 11.7 Å². The number of H-pyrrole nitrogens is 1. The van der Waals surface area contributed by atoms with Crippen molar-refractivity contribution in [3.05, 3.63) is 101 Å². The predicted octanol–water partition coefficient (Wildman–Crippen LogP) is 5.43. The van der Waals surface area contributed by atoms with Gasteiger partial charge in [-0.1, -0.05) is 36.4 Å². The van der Waals surface area contributed by atoms with Crippen LogP contribution in [0.15, 0.2) is 78.5 Å². The lowest BCUT2D eigenvalue weighted by Gasteiger charge is -2.26. The van der Waals surface area contributed by atoms with Gasteiger partial charge in [-0.2, -0.15) is 0 Å². The number of para-hydroxylation sites is 2. The third kappa shape index (κ3) is 3.25. The maximum Gasteiger partial charge on any atom is 0.300 e. The molecule has 0 saturated carbocycles. The largest absolute Gasteiger partial charge is 0.507 e. The molecule has 1 fully saturated rings. The number of hydrogen-bond acceptors (Lipinski definition) is 4. The fourth-order valence-corrected chi connectivity index (χ4v) is 5.25. The molecule has 1 saturated heterocycles. The summed E-state index contributed by atoms with van der Waals surface area (Å²) in [6.45, 7) is 3.90. The Bertz CT molecular complexity index is 1550. The first-order valence-electron chi connectivity index (χ1n) is 11.7. The highest BCUT2D eigenvalue weighted by molar-refractivity contribution is 6.52. The second-order valence-corrected chi connectivity index (χ2v) is 9.20. The van der Waals surface area contributed by atoms with Crippen LogP contribution in [-0.4, -0.2) is 27.9 Å². The van der Waals surface area contributed by atoms with Crippen molar-refractivity contribution in [3.63, 3.8) is 0 Å². The summed E-state index contributed by atoms with van der Waals surface area (Å²) in [6.07, 6.45) is 2.60. The van der Waals surface area contributed by atoms with Crippen LogP contribution < -0.4 is 9.64 Å². The maximum absolute atomic E-state index is 13.5. The Morgan fingerprint density at radius 3 is 2.66 bits per heavy atom. The van der Waals surface area contributed by atoms with Crippen molar-refractivity contribution < 1.29 is 19.4 Å². The summed E-state index contributed by atoms with van der Waals surface area (Å²) in [4.78, 5) is 31.7. The first-order valence-corrected chi connectivity index (χ1v) is 11.7. The molecule has 6 nitrogen and oxygen atoms in total. The molecule has 174 valence electrons. The van der Waals surface area contributed by atoms with E-state index in [4.69, 9.17) is 4.74 Å². The Morgan fingerprint density at radius 2 is 1.83 bits per heavy atom. The molecule has 1 amide bonds. The molecule has 2 atom stereocenters. The average Bonchev–Trinajstić information content (AvgIpc) is 3.52. The molecule has 0 aliphatic carbocycles. The number of amides is 1. The Kier molecular flexibility index (Phi) is 4.78. The number of benzene rings is 3. The number of aliphatic hydroxyl groups excluding tert-OH is 1. The van der Waals surface area contributed by atoms with Crippen LogP contribution in [0.4, 0.5) is 5.69 Å². The number of aryl methyl sites for hydroxylation is 1. The molecule has 4 aromatic rings. The van der Waals surface area contributed by atoms with Crippen molar-refractivity contribution in [3.8, 4) is 5.75 Å². The molecular weight excluding hydrogens is 440 g/mol. The molecule has 2 N–H and O–H groups in total. The summed E-state index contributed by atoms with van der Waals surface area (Å²) in [5.41, 5.74) is 4.69. The van der Waals surface area contributed by atoms with E-state index in [-0.39, 0.29) is 17.4 Å². The Hall–Kier alpha value is -4.32. The van der Waals surface area contributed by atoms with Gasteiger partial charge in [0.1, 0.15) is 17.6 Å². The Balaban J connectivity index is 1.59. The summed E-state index contributed by atoms with van der Waals surface area (Å²) in [7, 11) is 0. The smallest absolute Gasteiger partial charge is 0.300 e. The van der Waals surface area contributed by atoms with E-state index < -0.39 is 17.7 Å². The molecule has 0 spiro atoms. The molecular formula is C29H24N2O4. The third-order valence-electron chi connectivity index (χ3n) is 6.90. The first kappa shape index (κ1) is 21.2. The number of Topliss-reactive ketones (excluding diaryl/α,β-unsaturated/α-hetero) is 1. The maximum atomic E-state index is 13.5. The highest BCUT2D eigenvalue weighted by Gasteiger charge is 2.48. The fraction of sp³-hybridized carbons (Fsp3) is 0.172. The number of anilines is 1. The van der Waals surface area contributed by atoms with Gasteiger partial charge in [0.05, 0.1) is 11.6 Å². The van der Waals surface area contributed by atoms with Crippen LogP contribution in [0, 0.1) is 6.92 Å². The monoisotopic (exact) mass is 464 g/mol. The van der Waals surface area contributed by atoms with Gasteiger partial charge in [0.2, 0.25) is 0 Å². The lowest BCUT2D eigenvalue weighted by Crippen LogP contribution is -2.30. The van der Waals surface area contributed by atoms with E-state index in [9.17, 15) is 14.7 Å². The molecule has 2 unspecified atom stereocenters. The van der Waals surface area contributed by atoms with Crippen LogP contribution >= 0.6 is 0 Å². The number of fused-ring (bicyclic) bond motifs is 2. The van der Waals surface area contributed by atoms with Crippen LogP contribution in [0.1, 0.15) is 35.2 Å². The molecule has 0 bridgehead atoms. The number of hydrogen-bond donors (Lipinski definition) is 2. The van der Waals surface area contributed by atoms with Gasteiger partial charge in [-0.3, -0.25) is 14.5 Å². The summed E-state index contributed by atoms with van der Waals surface area (Å²) < 4.78 is 5.79. The Labute approximate surface area is 202 Å². The van der Waals surface area contributed by atoms with E-state index >= 15 is 0 Å². The summed E-state index contributed by atoms with van der Waals surface area (Å²) in [5.74, 6) is -0.764. The second kappa shape index (κ2) is 7.87. The Morgan fingerprint density at radius 1 is 1.06 bits per heavy atom. The molecule has 35 heavy (non-hydrogen) atoms. The number of aromatic nitrogens is 1. The van der Waals surface area contributed by atoms with Gasteiger partial charge in [0.15, 0.2) is 0 Å². The van der Waals surface area contributed by atoms with Gasteiger partial charge in [0, 0.05) is 40.3 Å². The fourth-order valence-electron chi connectivity index (χ4n) is 5.25. The van der Waals surface area contributed by atoms with Crippen LogP contribution in [0.3, 0.4) is 0 Å². The van der Waals surface area contributed by atoms with E-state index in [1.165, 1.54) is 4.90 Å². The third-order valence-corrected chi connectivity index (χ3v) is 6.90. The minimum atomic E-state index is -0.782. The lowest BCUT2D eigenvalue weighted by molar-refractivity contribution is -0.132. The van der Waals surface area contributed by atoms with E-state index in [0.717, 1.165) is 39.8 Å². The van der Waals surface area contributed by atoms with Crippen molar-refractivity contribution in [1.82, 2.24) is 4.98 Å². The molecule has 2 aliphatic rings. The summed E-state index contributed by atoms with van der Waals surface area (Å²) in [6, 6.07) is 19.8. The number of ketones is 1. The van der Waals surface area contributed by atoms with Crippen LogP contribution in [0.25, 0.3) is 16.7 Å². The first-order chi connectivity index (χ1) is 16.9. The van der Waals surface area contributed by atoms with Crippen molar-refractivity contribution >= 4 is 34.0 Å². The van der Waals surface area contributed by atoms with E-state index in [1.807, 2.05) is 80.7 Å². The normalized spacial score (nSPS) is 20.9. The zero-order valence-electron chi connectivity index (χ0n) is 19.4. The number of carbonyl (C=O) groups is 2. The minimum Gasteiger partial charge on any atom is -0.507 e. The molecule has 6 heteroatoms. The van der Waals surface area contributed by atoms with Gasteiger partial charge in [-0.25, -0.2) is 0 Å². The highest BCUT2D eigenvalue weighted by atomic mass is 16.5. The van der Waals surface area contributed by atoms with E-state index in [2.05, 4.69) is 4.98 Å². The molecule has 1 aromatic heterocycles. The summed E-state index contributed by atoms with van der Waals surface area (Å²) >= 11 is 0. The molecule has 0 radical (unpaired) electrons. The van der Waals surface area contributed by atoms with Crippen molar-refractivity contribution in [1.29, 1.82) is 0 Å². The predicted molar refractivity (Wildman–Crippen MR) is 134 cm³/mol. The quantitative estimate of drug-likeness (QED) is 0.241. The van der Waals surface area contributed by atoms with Crippen molar-refractivity contribution in [2.75, 3.05) is 4.90 Å². The SMILES string of the molecule is Cc1ccccc1N1C(=O)C(=O)/C(=C(/O)c2ccc3c(c2)CC(C)O3)C1c1c[nH]c2ccccc12. The number of nitrogens with one attached hydrogen (secondary N) is 1. The van der Waals surface area contributed by atoms with E-state index in [0.29, 0.717) is 11.3 Å². The summed E-state index contributed by atoms with van der Waals surface area (Å²) in [5, 5.41) is 12.4. The molecule has 2 aliphatic heterocycles. The van der Waals surface area contributed by atoms with Crippen LogP contribution in [-0.2, 0) is 16.0 Å². The van der Waals surface area contributed by atoms with Crippen LogP contribution in [0.5, 0.6) is 5.75 Å². The zero-order valence-corrected chi connectivity index (χ0v) is 19.4. The average molecular weight is 465 g/mol. The lowest BCUT2D eigenvalue weighted by atomic mass is 9.94. The number of rotatable bonds is 3. The molecule has 3 aromatic carbocycles. The van der Waals surface area contributed by atoms with Crippen molar-refractivity contribution in [2.45, 2.75) is 32.4 Å². The topological polar surface area (TPSA) is 82.6 Å². The number of ether oxygens (including phenoxy) is 1. The van der Waals surface area contributed by atoms with Crippen molar-refractivity contribution in [2.24, 2.45) is 0 Å². The van der Waals surface area contributed by atoms with Gasteiger partial charge >= 0.3 is 0 Å². The number of aromatic amines is 1. The number of nitrogens with zero attached hydrogens (tertiary/aromatic N) is 1. The van der Waals surface area contributed by atoms with Crippen LogP contribution in [0.2, 0.25) is 0 Å². The highest BCUT2D eigenvalue weighted by Crippen LogP contribution is 2.45. The van der Waals surface area contributed by atoms with E-state index in [1.54, 1.807) is 6.07 Å². The van der Waals surface area contributed by atoms with Gasteiger partial charge in [-0.15, -0.1) is 0 Å². The number of carbonyl (C=O) groups excluding carboxylic acids is 2. The standard InChI is InChI=1S/C29H24N2O4/c1-16-7-3-6-10-23(16)31-26(21-15-30-22-9-5-4-8-20(21)22)25(28(33)29(31)34)27(32)18-11-12-24-19(14-18)13-17(2)35-24/h3-12,14-15,17,26,30,32H,13H2,1-2H3/b27-25+. The minimum absolute atomic E-state index is 0.0558. The van der Waals surface area contributed by atoms with Gasteiger partial charge in [-0.05, 0) is 55.3 Å². The zero-order chi connectivity index (χ0) is 24.3. The molecule has 3 heterocycles. The number of aliphatic hydroxyl groups is 1.